The van der Waals surface area contributed by atoms with Crippen LogP contribution in [-0.4, -0.2) is 10.7 Å². The minimum Gasteiger partial charge on any atom is -0.207 e. The maximum Gasteiger partial charge on any atom is 0.124 e. The molecule has 0 unspecified atom stereocenters. The average Bonchev–Trinajstić information content (AvgIpc) is 2.27. The lowest BCUT2D eigenvalue weighted by molar-refractivity contribution is 0.351. The molecule has 0 bridgehead atoms. The Bertz CT molecular complexity index is 341. The van der Waals surface area contributed by atoms with Gasteiger partial charge in [0.25, 0.3) is 0 Å². The van der Waals surface area contributed by atoms with Crippen LogP contribution in [0.5, 0.6) is 0 Å². The average molecular weight is 431 g/mol. The lowest BCUT2D eigenvalue weighted by Gasteiger charge is -2.30. The first-order valence-electron chi connectivity index (χ1n) is 5.62. The normalized spacial score (nSPS) is 11.8. The Balaban J connectivity index is 2.92. The molecule has 0 aliphatic carbocycles. The molecule has 1 rings (SSSR count). The third-order valence-electron chi connectivity index (χ3n) is 2.85. The molecule has 1 aromatic carbocycles. The van der Waals surface area contributed by atoms with Crippen molar-refractivity contribution in [2.45, 2.75) is 26.2 Å². The van der Waals surface area contributed by atoms with Crippen molar-refractivity contribution in [3.05, 3.63) is 34.1 Å². The molecule has 1 aromatic rings. The first-order valence-corrected chi connectivity index (χ1v) is 8.66. The van der Waals surface area contributed by atoms with E-state index in [4.69, 9.17) is 0 Å². The number of hydrogen-bond acceptors (Lipinski definition) is 0. The molecule has 17 heavy (non-hydrogen) atoms. The molecule has 0 spiro atoms. The summed E-state index contributed by atoms with van der Waals surface area (Å²) in [5.74, 6) is -0.177. The van der Waals surface area contributed by atoms with E-state index in [9.17, 15) is 4.39 Å². The van der Waals surface area contributed by atoms with E-state index in [0.29, 0.717) is 0 Å². The van der Waals surface area contributed by atoms with Gasteiger partial charge in [-0.25, -0.2) is 4.39 Å². The lowest BCUT2D eigenvalue weighted by atomic mass is 9.82. The number of benzene rings is 1. The Morgan fingerprint density at radius 1 is 1.18 bits per heavy atom. The van der Waals surface area contributed by atoms with Crippen LogP contribution >= 0.6 is 47.8 Å². The minimum absolute atomic E-state index is 0.169. The standard InChI is InChI=1S/C13H16Br3F/c1-2-3-13(8-14,9-15)7-10-4-11(16)6-12(17)5-10/h4-6H,2-3,7-9H2,1H3. The van der Waals surface area contributed by atoms with Crippen molar-refractivity contribution in [3.8, 4) is 0 Å². The van der Waals surface area contributed by atoms with Gasteiger partial charge < -0.3 is 0 Å². The van der Waals surface area contributed by atoms with E-state index in [1.54, 1.807) is 6.07 Å². The SMILES string of the molecule is CCCC(CBr)(CBr)Cc1cc(F)cc(Br)c1. The van der Waals surface area contributed by atoms with Crippen molar-refractivity contribution in [1.82, 2.24) is 0 Å². The molecule has 0 heterocycles. The molecule has 0 nitrogen and oxygen atoms in total. The monoisotopic (exact) mass is 428 g/mol. The molecule has 0 saturated carbocycles. The van der Waals surface area contributed by atoms with Gasteiger partial charge in [0.2, 0.25) is 0 Å². The molecule has 0 aromatic heterocycles. The number of alkyl halides is 2. The van der Waals surface area contributed by atoms with Crippen LogP contribution < -0.4 is 0 Å². The Labute approximate surface area is 128 Å². The predicted octanol–water partition coefficient (Wildman–Crippen LogP) is 5.71. The molecular formula is C13H16Br3F. The van der Waals surface area contributed by atoms with Crippen LogP contribution in [0.25, 0.3) is 0 Å². The smallest absolute Gasteiger partial charge is 0.124 e. The summed E-state index contributed by atoms with van der Waals surface area (Å²) in [6.45, 7) is 2.18. The van der Waals surface area contributed by atoms with Crippen LogP contribution in [0.3, 0.4) is 0 Å². The highest BCUT2D eigenvalue weighted by Gasteiger charge is 2.27. The van der Waals surface area contributed by atoms with Gasteiger partial charge >= 0.3 is 0 Å². The van der Waals surface area contributed by atoms with E-state index in [2.05, 4.69) is 54.7 Å². The summed E-state index contributed by atoms with van der Waals surface area (Å²) in [6, 6.07) is 5.12. The molecule has 0 radical (unpaired) electrons. The number of halogens is 4. The van der Waals surface area contributed by atoms with Crippen LogP contribution in [0.4, 0.5) is 4.39 Å². The number of hydrogen-bond donors (Lipinski definition) is 0. The molecule has 0 atom stereocenters. The molecular weight excluding hydrogens is 415 g/mol. The van der Waals surface area contributed by atoms with E-state index in [0.717, 1.165) is 40.0 Å². The summed E-state index contributed by atoms with van der Waals surface area (Å²) in [5.41, 5.74) is 1.21. The zero-order valence-electron chi connectivity index (χ0n) is 9.78. The van der Waals surface area contributed by atoms with Gasteiger partial charge in [-0.15, -0.1) is 0 Å². The van der Waals surface area contributed by atoms with Gasteiger partial charge in [0.05, 0.1) is 0 Å². The van der Waals surface area contributed by atoms with Gasteiger partial charge in [-0.3, -0.25) is 0 Å². The fourth-order valence-corrected chi connectivity index (χ4v) is 4.43. The second-order valence-electron chi connectivity index (χ2n) is 4.47. The van der Waals surface area contributed by atoms with Gasteiger partial charge in [0.1, 0.15) is 5.82 Å². The predicted molar refractivity (Wildman–Crippen MR) is 82.7 cm³/mol. The first kappa shape index (κ1) is 15.6. The van der Waals surface area contributed by atoms with Crippen LogP contribution in [0.2, 0.25) is 0 Å². The van der Waals surface area contributed by atoms with Crippen molar-refractivity contribution in [2.75, 3.05) is 10.7 Å². The third-order valence-corrected chi connectivity index (χ3v) is 5.69. The lowest BCUT2D eigenvalue weighted by Crippen LogP contribution is -2.27. The van der Waals surface area contributed by atoms with E-state index in [1.165, 1.54) is 6.07 Å². The van der Waals surface area contributed by atoms with Gasteiger partial charge in [-0.1, -0.05) is 61.1 Å². The van der Waals surface area contributed by atoms with E-state index in [-0.39, 0.29) is 11.2 Å². The van der Waals surface area contributed by atoms with Gasteiger partial charge in [-0.05, 0) is 42.0 Å². The maximum atomic E-state index is 13.3. The quantitative estimate of drug-likeness (QED) is 0.507. The van der Waals surface area contributed by atoms with E-state index in [1.807, 2.05) is 6.07 Å². The topological polar surface area (TPSA) is 0 Å². The van der Waals surface area contributed by atoms with Crippen molar-refractivity contribution >= 4 is 47.8 Å². The number of rotatable bonds is 6. The van der Waals surface area contributed by atoms with Crippen LogP contribution in [0.1, 0.15) is 25.3 Å². The highest BCUT2D eigenvalue weighted by molar-refractivity contribution is 9.10. The van der Waals surface area contributed by atoms with Crippen LogP contribution in [-0.2, 0) is 6.42 Å². The van der Waals surface area contributed by atoms with Crippen molar-refractivity contribution in [1.29, 1.82) is 0 Å². The first-order chi connectivity index (χ1) is 8.05. The summed E-state index contributed by atoms with van der Waals surface area (Å²) >= 11 is 10.5. The summed E-state index contributed by atoms with van der Waals surface area (Å²) in [4.78, 5) is 0. The third kappa shape index (κ3) is 4.64. The maximum absolute atomic E-state index is 13.3. The van der Waals surface area contributed by atoms with Crippen LogP contribution in [0.15, 0.2) is 22.7 Å². The highest BCUT2D eigenvalue weighted by atomic mass is 79.9. The largest absolute Gasteiger partial charge is 0.207 e. The Kier molecular flexibility index (Phi) is 6.67. The molecule has 96 valence electrons. The molecule has 0 fully saturated rings. The summed E-state index contributed by atoms with van der Waals surface area (Å²) in [5, 5.41) is 1.85. The van der Waals surface area contributed by atoms with Gasteiger partial charge in [-0.2, -0.15) is 0 Å². The van der Waals surface area contributed by atoms with Crippen molar-refractivity contribution in [2.24, 2.45) is 5.41 Å². The zero-order valence-corrected chi connectivity index (χ0v) is 14.5. The Hall–Kier alpha value is 0.590. The van der Waals surface area contributed by atoms with Crippen molar-refractivity contribution < 1.29 is 4.39 Å². The Morgan fingerprint density at radius 3 is 2.29 bits per heavy atom. The van der Waals surface area contributed by atoms with E-state index >= 15 is 0 Å². The summed E-state index contributed by atoms with van der Waals surface area (Å²) in [7, 11) is 0. The van der Waals surface area contributed by atoms with Gasteiger partial charge in [0.15, 0.2) is 0 Å². The molecule has 4 heteroatoms. The zero-order chi connectivity index (χ0) is 12.9. The highest BCUT2D eigenvalue weighted by Crippen LogP contribution is 2.34. The fourth-order valence-electron chi connectivity index (χ4n) is 2.03. The summed E-state index contributed by atoms with van der Waals surface area (Å²) < 4.78 is 14.2. The molecule has 0 aliphatic heterocycles. The van der Waals surface area contributed by atoms with Gasteiger partial charge in [0, 0.05) is 15.1 Å². The second kappa shape index (κ2) is 7.25. The Morgan fingerprint density at radius 2 is 1.82 bits per heavy atom. The second-order valence-corrected chi connectivity index (χ2v) is 6.51. The molecule has 0 aliphatic rings. The molecule has 0 N–H and O–H groups in total. The van der Waals surface area contributed by atoms with E-state index < -0.39 is 0 Å². The minimum atomic E-state index is -0.177. The molecule has 0 amide bonds. The summed E-state index contributed by atoms with van der Waals surface area (Å²) in [6.07, 6.45) is 3.14. The fraction of sp³-hybridized carbons (Fsp3) is 0.538. The van der Waals surface area contributed by atoms with Crippen LogP contribution in [0, 0.1) is 11.2 Å². The molecule has 0 saturated heterocycles. The van der Waals surface area contributed by atoms with Crippen molar-refractivity contribution in [3.63, 3.8) is 0 Å².